The number of hydrogen-bond acceptors (Lipinski definition) is 3. The van der Waals surface area contributed by atoms with Gasteiger partial charge in [0.2, 0.25) is 5.91 Å². The van der Waals surface area contributed by atoms with Crippen LogP contribution in [0.4, 0.5) is 0 Å². The van der Waals surface area contributed by atoms with Gasteiger partial charge in [0.1, 0.15) is 5.84 Å². The predicted octanol–water partition coefficient (Wildman–Crippen LogP) is 1.84. The summed E-state index contributed by atoms with van der Waals surface area (Å²) in [4.78, 5) is 12.4. The number of carbonyl (C=O) groups excluding carboxylic acids is 1. The molecule has 126 valence electrons. The molecule has 2 aliphatic rings. The highest BCUT2D eigenvalue weighted by molar-refractivity contribution is 5.94. The zero-order chi connectivity index (χ0) is 16.9. The van der Waals surface area contributed by atoms with E-state index in [4.69, 9.17) is 11.1 Å². The lowest BCUT2D eigenvalue weighted by molar-refractivity contribution is -0.123. The van der Waals surface area contributed by atoms with Gasteiger partial charge >= 0.3 is 0 Å². The first-order valence-corrected chi connectivity index (χ1v) is 8.43. The Kier molecular flexibility index (Phi) is 5.11. The van der Waals surface area contributed by atoms with Crippen LogP contribution in [0.3, 0.4) is 0 Å². The molecule has 1 aromatic rings. The summed E-state index contributed by atoms with van der Waals surface area (Å²) in [6.07, 6.45) is 9.60. The van der Waals surface area contributed by atoms with Crippen LogP contribution in [-0.2, 0) is 11.3 Å². The SMILES string of the molecule is N=C(N)c1ccc(CNC(=O)C2CC(C3=CC=CCC3)CN2)cc1. The zero-order valence-electron chi connectivity index (χ0n) is 13.7. The van der Waals surface area contributed by atoms with Crippen molar-refractivity contribution in [2.24, 2.45) is 11.7 Å². The highest BCUT2D eigenvalue weighted by atomic mass is 16.2. The molecule has 0 bridgehead atoms. The van der Waals surface area contributed by atoms with Crippen LogP contribution in [0.25, 0.3) is 0 Å². The number of nitrogens with two attached hydrogens (primary N) is 1. The van der Waals surface area contributed by atoms with E-state index in [-0.39, 0.29) is 17.8 Å². The van der Waals surface area contributed by atoms with Gasteiger partial charge in [0.05, 0.1) is 6.04 Å². The highest BCUT2D eigenvalue weighted by Crippen LogP contribution is 2.27. The van der Waals surface area contributed by atoms with E-state index < -0.39 is 0 Å². The third kappa shape index (κ3) is 3.92. The largest absolute Gasteiger partial charge is 0.384 e. The first kappa shape index (κ1) is 16.5. The highest BCUT2D eigenvalue weighted by Gasteiger charge is 2.31. The summed E-state index contributed by atoms with van der Waals surface area (Å²) in [6, 6.07) is 7.27. The number of allylic oxidation sites excluding steroid dienone is 3. The van der Waals surface area contributed by atoms with Gasteiger partial charge in [-0.3, -0.25) is 10.2 Å². The maximum atomic E-state index is 12.4. The normalized spacial score (nSPS) is 22.9. The number of carbonyl (C=O) groups is 1. The van der Waals surface area contributed by atoms with Crippen LogP contribution in [0.2, 0.25) is 0 Å². The number of benzene rings is 1. The Balaban J connectivity index is 1.49. The van der Waals surface area contributed by atoms with Crippen molar-refractivity contribution in [2.75, 3.05) is 6.54 Å². The first-order chi connectivity index (χ1) is 11.6. The lowest BCUT2D eigenvalue weighted by atomic mass is 9.90. The molecule has 24 heavy (non-hydrogen) atoms. The molecule has 1 heterocycles. The topological polar surface area (TPSA) is 91.0 Å². The smallest absolute Gasteiger partial charge is 0.237 e. The summed E-state index contributed by atoms with van der Waals surface area (Å²) in [5.74, 6) is 0.583. The Morgan fingerprint density at radius 1 is 1.33 bits per heavy atom. The van der Waals surface area contributed by atoms with Crippen LogP contribution in [0.15, 0.2) is 48.1 Å². The monoisotopic (exact) mass is 324 g/mol. The molecule has 1 aromatic carbocycles. The van der Waals surface area contributed by atoms with Gasteiger partial charge in [-0.1, -0.05) is 48.1 Å². The Morgan fingerprint density at radius 3 is 2.79 bits per heavy atom. The van der Waals surface area contributed by atoms with Crippen molar-refractivity contribution in [3.63, 3.8) is 0 Å². The Bertz CT molecular complexity index is 675. The molecule has 5 N–H and O–H groups in total. The second kappa shape index (κ2) is 7.45. The van der Waals surface area contributed by atoms with Crippen molar-refractivity contribution in [1.82, 2.24) is 10.6 Å². The van der Waals surface area contributed by atoms with Crippen molar-refractivity contribution >= 4 is 11.7 Å². The van der Waals surface area contributed by atoms with E-state index in [1.54, 1.807) is 12.1 Å². The maximum Gasteiger partial charge on any atom is 0.237 e. The molecule has 5 nitrogen and oxygen atoms in total. The minimum Gasteiger partial charge on any atom is -0.384 e. The fraction of sp³-hybridized carbons (Fsp3) is 0.368. The molecule has 1 aliphatic heterocycles. The molecular formula is C19H24N4O. The summed E-state index contributed by atoms with van der Waals surface area (Å²) in [7, 11) is 0. The van der Waals surface area contributed by atoms with E-state index in [2.05, 4.69) is 28.9 Å². The quantitative estimate of drug-likeness (QED) is 0.492. The Labute approximate surface area is 142 Å². The zero-order valence-corrected chi connectivity index (χ0v) is 13.7. The molecule has 0 radical (unpaired) electrons. The Morgan fingerprint density at radius 2 is 2.12 bits per heavy atom. The Hall–Kier alpha value is -2.40. The van der Waals surface area contributed by atoms with Gasteiger partial charge < -0.3 is 16.4 Å². The van der Waals surface area contributed by atoms with Crippen molar-refractivity contribution < 1.29 is 4.79 Å². The van der Waals surface area contributed by atoms with E-state index in [0.29, 0.717) is 18.0 Å². The standard InChI is InChI=1S/C19H24N4O/c20-18(21)15-8-6-13(7-9-15)11-23-19(24)17-10-16(12-22-17)14-4-2-1-3-5-14/h1-2,4,6-9,16-17,22H,3,5,10-12H2,(H3,20,21)(H,23,24). The molecular weight excluding hydrogens is 300 g/mol. The van der Waals surface area contributed by atoms with Crippen molar-refractivity contribution in [3.05, 3.63) is 59.2 Å². The second-order valence-corrected chi connectivity index (χ2v) is 6.43. The van der Waals surface area contributed by atoms with E-state index in [1.165, 1.54) is 5.57 Å². The molecule has 0 aromatic heterocycles. The van der Waals surface area contributed by atoms with Gasteiger partial charge in [0, 0.05) is 18.7 Å². The fourth-order valence-corrected chi connectivity index (χ4v) is 3.29. The van der Waals surface area contributed by atoms with Gasteiger partial charge in [0.15, 0.2) is 0 Å². The number of hydrogen-bond donors (Lipinski definition) is 4. The summed E-state index contributed by atoms with van der Waals surface area (Å²) in [6.45, 7) is 1.37. The average Bonchev–Trinajstić information content (AvgIpc) is 3.11. The third-order valence-corrected chi connectivity index (χ3v) is 4.75. The number of rotatable bonds is 5. The van der Waals surface area contributed by atoms with Crippen molar-refractivity contribution in [3.8, 4) is 0 Å². The molecule has 0 spiro atoms. The van der Waals surface area contributed by atoms with Gasteiger partial charge in [-0.15, -0.1) is 0 Å². The van der Waals surface area contributed by atoms with Crippen molar-refractivity contribution in [2.45, 2.75) is 31.8 Å². The van der Waals surface area contributed by atoms with Crippen LogP contribution in [0, 0.1) is 11.3 Å². The minimum atomic E-state index is -0.113. The molecule has 2 unspecified atom stereocenters. The van der Waals surface area contributed by atoms with Crippen LogP contribution in [0.5, 0.6) is 0 Å². The molecule has 3 rings (SSSR count). The molecule has 1 aliphatic carbocycles. The van der Waals surface area contributed by atoms with E-state index >= 15 is 0 Å². The van der Waals surface area contributed by atoms with Crippen LogP contribution in [-0.4, -0.2) is 24.3 Å². The van der Waals surface area contributed by atoms with Gasteiger partial charge in [-0.2, -0.15) is 0 Å². The number of amides is 1. The molecule has 0 saturated carbocycles. The van der Waals surface area contributed by atoms with E-state index in [0.717, 1.165) is 31.4 Å². The minimum absolute atomic E-state index is 0.0543. The third-order valence-electron chi connectivity index (χ3n) is 4.75. The summed E-state index contributed by atoms with van der Waals surface area (Å²) >= 11 is 0. The number of nitrogen functional groups attached to an aromatic ring is 1. The molecule has 1 fully saturated rings. The van der Waals surface area contributed by atoms with Crippen molar-refractivity contribution in [1.29, 1.82) is 5.41 Å². The van der Waals surface area contributed by atoms with Gasteiger partial charge in [0.25, 0.3) is 0 Å². The lowest BCUT2D eigenvalue weighted by Crippen LogP contribution is -2.40. The van der Waals surface area contributed by atoms with Crippen LogP contribution >= 0.6 is 0 Å². The summed E-state index contributed by atoms with van der Waals surface area (Å²) < 4.78 is 0. The molecule has 5 heteroatoms. The average molecular weight is 324 g/mol. The van der Waals surface area contributed by atoms with E-state index in [1.807, 2.05) is 12.1 Å². The van der Waals surface area contributed by atoms with Gasteiger partial charge in [-0.25, -0.2) is 0 Å². The lowest BCUT2D eigenvalue weighted by Gasteiger charge is -2.15. The molecule has 1 amide bonds. The molecule has 1 saturated heterocycles. The maximum absolute atomic E-state index is 12.4. The fourth-order valence-electron chi connectivity index (χ4n) is 3.29. The molecule has 2 atom stereocenters. The van der Waals surface area contributed by atoms with Crippen LogP contribution in [0.1, 0.15) is 30.4 Å². The van der Waals surface area contributed by atoms with Crippen LogP contribution < -0.4 is 16.4 Å². The van der Waals surface area contributed by atoms with E-state index in [9.17, 15) is 4.79 Å². The summed E-state index contributed by atoms with van der Waals surface area (Å²) in [5, 5.41) is 13.7. The number of nitrogens with one attached hydrogen (secondary N) is 3. The summed E-state index contributed by atoms with van der Waals surface area (Å²) in [5.41, 5.74) is 8.60. The second-order valence-electron chi connectivity index (χ2n) is 6.43. The predicted molar refractivity (Wildman–Crippen MR) is 95.7 cm³/mol. The number of amidine groups is 1. The van der Waals surface area contributed by atoms with Gasteiger partial charge in [-0.05, 0) is 30.7 Å². The first-order valence-electron chi connectivity index (χ1n) is 8.43.